The van der Waals surface area contributed by atoms with Crippen molar-refractivity contribution in [2.45, 2.75) is 46.5 Å². The molecule has 0 spiro atoms. The van der Waals surface area contributed by atoms with Crippen LogP contribution in [0.3, 0.4) is 0 Å². The average Bonchev–Trinajstić information content (AvgIpc) is 2.13. The van der Waals surface area contributed by atoms with E-state index in [4.69, 9.17) is 0 Å². The van der Waals surface area contributed by atoms with E-state index in [9.17, 15) is 0 Å². The summed E-state index contributed by atoms with van der Waals surface area (Å²) in [4.78, 5) is 0. The summed E-state index contributed by atoms with van der Waals surface area (Å²) in [5, 5.41) is 0. The normalized spacial score (nSPS) is 26.5. The fourth-order valence-electron chi connectivity index (χ4n) is 1.84. The lowest BCUT2D eigenvalue weighted by Crippen LogP contribution is -2.04. The van der Waals surface area contributed by atoms with Gasteiger partial charge in [0.2, 0.25) is 0 Å². The van der Waals surface area contributed by atoms with Gasteiger partial charge in [0.15, 0.2) is 0 Å². The predicted octanol–water partition coefficient (Wildman–Crippen LogP) is 3.78. The molecule has 0 heterocycles. The van der Waals surface area contributed by atoms with Crippen molar-refractivity contribution in [1.82, 2.24) is 0 Å². The van der Waals surface area contributed by atoms with Gasteiger partial charge in [-0.05, 0) is 38.0 Å². The quantitative estimate of drug-likeness (QED) is 0.502. The summed E-state index contributed by atoms with van der Waals surface area (Å²) in [7, 11) is 0. The molecular formula is C11H20. The molecule has 1 aliphatic carbocycles. The van der Waals surface area contributed by atoms with Gasteiger partial charge in [0.25, 0.3) is 0 Å². The molecule has 0 amide bonds. The molecule has 0 saturated carbocycles. The van der Waals surface area contributed by atoms with Gasteiger partial charge in [-0.15, -0.1) is 0 Å². The SMILES string of the molecule is CC1=CC(C(C)C)CCCC1. The molecule has 0 N–H and O–H groups in total. The van der Waals surface area contributed by atoms with Crippen LogP contribution < -0.4 is 0 Å². The minimum Gasteiger partial charge on any atom is -0.0822 e. The van der Waals surface area contributed by atoms with Crippen LogP contribution in [-0.4, -0.2) is 0 Å². The van der Waals surface area contributed by atoms with Crippen LogP contribution in [0.15, 0.2) is 11.6 Å². The Morgan fingerprint density at radius 1 is 1.36 bits per heavy atom. The van der Waals surface area contributed by atoms with Gasteiger partial charge < -0.3 is 0 Å². The van der Waals surface area contributed by atoms with Crippen molar-refractivity contribution in [1.29, 1.82) is 0 Å². The maximum absolute atomic E-state index is 2.50. The molecule has 64 valence electrons. The molecule has 1 aliphatic rings. The van der Waals surface area contributed by atoms with E-state index in [-0.39, 0.29) is 0 Å². The molecule has 1 atom stereocenters. The highest BCUT2D eigenvalue weighted by Crippen LogP contribution is 2.26. The van der Waals surface area contributed by atoms with Crippen LogP contribution in [-0.2, 0) is 0 Å². The van der Waals surface area contributed by atoms with Crippen molar-refractivity contribution >= 4 is 0 Å². The van der Waals surface area contributed by atoms with Crippen molar-refractivity contribution < 1.29 is 0 Å². The van der Waals surface area contributed by atoms with Gasteiger partial charge in [-0.2, -0.15) is 0 Å². The Hall–Kier alpha value is -0.260. The molecule has 0 radical (unpaired) electrons. The van der Waals surface area contributed by atoms with Crippen LogP contribution in [0.2, 0.25) is 0 Å². The smallest absolute Gasteiger partial charge is 0.0208 e. The minimum absolute atomic E-state index is 0.836. The van der Waals surface area contributed by atoms with E-state index < -0.39 is 0 Å². The van der Waals surface area contributed by atoms with Gasteiger partial charge in [0.1, 0.15) is 0 Å². The lowest BCUT2D eigenvalue weighted by molar-refractivity contribution is 0.427. The second kappa shape index (κ2) is 3.94. The molecule has 0 bridgehead atoms. The van der Waals surface area contributed by atoms with Crippen LogP contribution in [0, 0.1) is 11.8 Å². The van der Waals surface area contributed by atoms with Crippen molar-refractivity contribution in [2.24, 2.45) is 11.8 Å². The van der Waals surface area contributed by atoms with Crippen LogP contribution in [0.1, 0.15) is 46.5 Å². The van der Waals surface area contributed by atoms with Gasteiger partial charge in [-0.25, -0.2) is 0 Å². The fourth-order valence-corrected chi connectivity index (χ4v) is 1.84. The number of rotatable bonds is 1. The molecule has 0 nitrogen and oxygen atoms in total. The fraction of sp³-hybridized carbons (Fsp3) is 0.818. The summed E-state index contributed by atoms with van der Waals surface area (Å²) in [6.07, 6.45) is 8.08. The zero-order valence-electron chi connectivity index (χ0n) is 8.06. The monoisotopic (exact) mass is 152 g/mol. The molecule has 11 heavy (non-hydrogen) atoms. The van der Waals surface area contributed by atoms with E-state index >= 15 is 0 Å². The number of allylic oxidation sites excluding steroid dienone is 2. The first-order chi connectivity index (χ1) is 5.20. The molecule has 0 aliphatic heterocycles. The van der Waals surface area contributed by atoms with Crippen LogP contribution in [0.25, 0.3) is 0 Å². The summed E-state index contributed by atoms with van der Waals surface area (Å²) < 4.78 is 0. The van der Waals surface area contributed by atoms with Gasteiger partial charge in [0, 0.05) is 0 Å². The molecule has 1 unspecified atom stereocenters. The standard InChI is InChI=1S/C11H20/c1-9(2)11-7-5-4-6-10(3)8-11/h8-9,11H,4-7H2,1-3H3. The Morgan fingerprint density at radius 2 is 2.09 bits per heavy atom. The van der Waals surface area contributed by atoms with Crippen LogP contribution >= 0.6 is 0 Å². The molecule has 0 aromatic heterocycles. The van der Waals surface area contributed by atoms with E-state index in [0.29, 0.717) is 0 Å². The Labute approximate surface area is 70.7 Å². The van der Waals surface area contributed by atoms with Gasteiger partial charge >= 0.3 is 0 Å². The number of hydrogen-bond donors (Lipinski definition) is 0. The summed E-state index contributed by atoms with van der Waals surface area (Å²) in [6.45, 7) is 6.94. The largest absolute Gasteiger partial charge is 0.0822 e. The highest BCUT2D eigenvalue weighted by molar-refractivity contribution is 5.03. The highest BCUT2D eigenvalue weighted by Gasteiger charge is 2.12. The van der Waals surface area contributed by atoms with Gasteiger partial charge in [-0.3, -0.25) is 0 Å². The second-order valence-corrected chi connectivity index (χ2v) is 4.17. The van der Waals surface area contributed by atoms with E-state index in [0.717, 1.165) is 11.8 Å². The molecule has 0 aromatic carbocycles. The second-order valence-electron chi connectivity index (χ2n) is 4.17. The predicted molar refractivity (Wildman–Crippen MR) is 50.6 cm³/mol. The number of hydrogen-bond acceptors (Lipinski definition) is 0. The van der Waals surface area contributed by atoms with Crippen molar-refractivity contribution in [3.8, 4) is 0 Å². The van der Waals surface area contributed by atoms with E-state index in [1.54, 1.807) is 5.57 Å². The zero-order chi connectivity index (χ0) is 8.27. The minimum atomic E-state index is 0.836. The Bertz CT molecular complexity index is 142. The van der Waals surface area contributed by atoms with Crippen LogP contribution in [0.5, 0.6) is 0 Å². The lowest BCUT2D eigenvalue weighted by atomic mass is 9.91. The summed E-state index contributed by atoms with van der Waals surface area (Å²) in [5.41, 5.74) is 1.61. The molecule has 0 aromatic rings. The maximum atomic E-state index is 2.50. The lowest BCUT2D eigenvalue weighted by Gasteiger charge is -2.14. The maximum Gasteiger partial charge on any atom is -0.0208 e. The third-order valence-electron chi connectivity index (χ3n) is 2.71. The first-order valence-corrected chi connectivity index (χ1v) is 4.87. The molecule has 0 heteroatoms. The van der Waals surface area contributed by atoms with Crippen molar-refractivity contribution in [3.05, 3.63) is 11.6 Å². The summed E-state index contributed by atoms with van der Waals surface area (Å²) >= 11 is 0. The summed E-state index contributed by atoms with van der Waals surface area (Å²) in [5.74, 6) is 1.69. The Balaban J connectivity index is 2.56. The molecule has 1 rings (SSSR count). The van der Waals surface area contributed by atoms with Crippen molar-refractivity contribution in [3.63, 3.8) is 0 Å². The van der Waals surface area contributed by atoms with E-state index in [1.807, 2.05) is 0 Å². The van der Waals surface area contributed by atoms with E-state index in [2.05, 4.69) is 26.8 Å². The van der Waals surface area contributed by atoms with Gasteiger partial charge in [0.05, 0.1) is 0 Å². The third kappa shape index (κ3) is 2.69. The van der Waals surface area contributed by atoms with Crippen LogP contribution in [0.4, 0.5) is 0 Å². The first-order valence-electron chi connectivity index (χ1n) is 4.87. The third-order valence-corrected chi connectivity index (χ3v) is 2.71. The Morgan fingerprint density at radius 3 is 2.73 bits per heavy atom. The van der Waals surface area contributed by atoms with E-state index in [1.165, 1.54) is 25.7 Å². The molecular weight excluding hydrogens is 132 g/mol. The average molecular weight is 152 g/mol. The van der Waals surface area contributed by atoms with Crippen molar-refractivity contribution in [2.75, 3.05) is 0 Å². The van der Waals surface area contributed by atoms with Gasteiger partial charge in [-0.1, -0.05) is 31.9 Å². The molecule has 0 saturated heterocycles. The Kier molecular flexibility index (Phi) is 3.16. The summed E-state index contributed by atoms with van der Waals surface area (Å²) in [6, 6.07) is 0. The highest BCUT2D eigenvalue weighted by atomic mass is 14.2. The topological polar surface area (TPSA) is 0 Å². The molecule has 0 fully saturated rings. The first kappa shape index (κ1) is 8.83. The zero-order valence-corrected chi connectivity index (χ0v) is 8.06.